The van der Waals surface area contributed by atoms with Crippen molar-refractivity contribution < 1.29 is 8.42 Å². The number of nitriles is 1. The van der Waals surface area contributed by atoms with Crippen LogP contribution in [0.1, 0.15) is 13.8 Å². The number of sulfone groups is 1. The fraction of sp³-hybridized carbons (Fsp3) is 0.375. The van der Waals surface area contributed by atoms with Crippen LogP contribution in [0.3, 0.4) is 0 Å². The molecule has 1 heterocycles. The van der Waals surface area contributed by atoms with Gasteiger partial charge in [0.25, 0.3) is 0 Å². The first-order chi connectivity index (χ1) is 5.92. The van der Waals surface area contributed by atoms with Gasteiger partial charge in [0.05, 0.1) is 6.07 Å². The molecule has 0 atom stereocenters. The number of rotatable bonds is 2. The van der Waals surface area contributed by atoms with Crippen molar-refractivity contribution in [2.45, 2.75) is 22.8 Å². The minimum Gasteiger partial charge on any atom is -0.221 e. The van der Waals surface area contributed by atoms with Gasteiger partial charge in [-0.15, -0.1) is 11.3 Å². The second-order valence-electron chi connectivity index (χ2n) is 3.06. The van der Waals surface area contributed by atoms with Crippen LogP contribution in [0.25, 0.3) is 0 Å². The molecule has 0 aliphatic heterocycles. The van der Waals surface area contributed by atoms with Gasteiger partial charge in [0.15, 0.2) is 4.75 Å². The van der Waals surface area contributed by atoms with Crippen LogP contribution in [0.2, 0.25) is 0 Å². The fourth-order valence-corrected chi connectivity index (χ4v) is 3.36. The van der Waals surface area contributed by atoms with Crippen LogP contribution in [0, 0.1) is 11.3 Å². The van der Waals surface area contributed by atoms with Crippen molar-refractivity contribution >= 4 is 21.2 Å². The summed E-state index contributed by atoms with van der Waals surface area (Å²) in [4.78, 5) is 0. The van der Waals surface area contributed by atoms with Gasteiger partial charge in [-0.1, -0.05) is 6.07 Å². The van der Waals surface area contributed by atoms with E-state index in [-0.39, 0.29) is 4.21 Å². The third-order valence-corrected chi connectivity index (χ3v) is 5.41. The second kappa shape index (κ2) is 3.13. The first-order valence-corrected chi connectivity index (χ1v) is 5.97. The maximum Gasteiger partial charge on any atom is 0.206 e. The molecule has 1 aromatic rings. The highest BCUT2D eigenvalue weighted by molar-refractivity contribution is 7.95. The lowest BCUT2D eigenvalue weighted by molar-refractivity contribution is 0.576. The predicted octanol–water partition coefficient (Wildman–Crippen LogP) is 1.82. The lowest BCUT2D eigenvalue weighted by atomic mass is 10.2. The maximum atomic E-state index is 11.7. The van der Waals surface area contributed by atoms with Crippen molar-refractivity contribution in [2.24, 2.45) is 0 Å². The van der Waals surface area contributed by atoms with E-state index in [9.17, 15) is 8.42 Å². The molecule has 1 aromatic heterocycles. The Kier molecular flexibility index (Phi) is 2.46. The summed E-state index contributed by atoms with van der Waals surface area (Å²) in [7, 11) is -3.49. The molecule has 5 heteroatoms. The summed E-state index contributed by atoms with van der Waals surface area (Å²) < 4.78 is 22.4. The van der Waals surface area contributed by atoms with E-state index < -0.39 is 14.6 Å². The van der Waals surface area contributed by atoms with Crippen molar-refractivity contribution in [3.05, 3.63) is 17.5 Å². The lowest BCUT2D eigenvalue weighted by Gasteiger charge is -2.14. The van der Waals surface area contributed by atoms with E-state index in [0.29, 0.717) is 0 Å². The largest absolute Gasteiger partial charge is 0.221 e. The standard InChI is InChI=1S/C8H9NO2S2/c1-8(2,6-9)13(10,11)7-4-3-5-12-7/h3-5H,1-2H3. The summed E-state index contributed by atoms with van der Waals surface area (Å²) >= 11 is 1.13. The summed E-state index contributed by atoms with van der Waals surface area (Å²) in [6.07, 6.45) is 0. The molecule has 3 nitrogen and oxygen atoms in total. The molecule has 0 saturated heterocycles. The van der Waals surface area contributed by atoms with Crippen LogP contribution in [-0.2, 0) is 9.84 Å². The monoisotopic (exact) mass is 215 g/mol. The van der Waals surface area contributed by atoms with Crippen molar-refractivity contribution in [1.82, 2.24) is 0 Å². The highest BCUT2D eigenvalue weighted by atomic mass is 32.2. The SMILES string of the molecule is CC(C)(C#N)S(=O)(=O)c1cccs1. The quantitative estimate of drug-likeness (QED) is 0.756. The van der Waals surface area contributed by atoms with Crippen LogP contribution in [0.5, 0.6) is 0 Å². The van der Waals surface area contributed by atoms with Crippen LogP contribution in [-0.4, -0.2) is 13.2 Å². The molecule has 1 rings (SSSR count). The van der Waals surface area contributed by atoms with E-state index in [2.05, 4.69) is 0 Å². The Morgan fingerprint density at radius 2 is 2.15 bits per heavy atom. The second-order valence-corrected chi connectivity index (χ2v) is 6.73. The molecule has 13 heavy (non-hydrogen) atoms. The van der Waals surface area contributed by atoms with Gasteiger partial charge in [-0.2, -0.15) is 5.26 Å². The summed E-state index contributed by atoms with van der Waals surface area (Å²) in [5, 5.41) is 10.4. The molecule has 0 N–H and O–H groups in total. The minimum absolute atomic E-state index is 0.249. The van der Waals surface area contributed by atoms with Gasteiger partial charge in [-0.3, -0.25) is 0 Å². The Balaban J connectivity index is 3.29. The first-order valence-electron chi connectivity index (χ1n) is 3.61. The minimum atomic E-state index is -3.49. The van der Waals surface area contributed by atoms with Gasteiger partial charge in [-0.05, 0) is 25.3 Å². The predicted molar refractivity (Wildman–Crippen MR) is 51.2 cm³/mol. The van der Waals surface area contributed by atoms with Gasteiger partial charge in [0, 0.05) is 0 Å². The zero-order valence-corrected chi connectivity index (χ0v) is 8.95. The average molecular weight is 215 g/mol. The van der Waals surface area contributed by atoms with Gasteiger partial charge in [0.2, 0.25) is 9.84 Å². The van der Waals surface area contributed by atoms with Gasteiger partial charge in [0.1, 0.15) is 4.21 Å². The molecule has 0 amide bonds. The third-order valence-electron chi connectivity index (χ3n) is 1.70. The zero-order valence-electron chi connectivity index (χ0n) is 7.31. The third kappa shape index (κ3) is 1.60. The van der Waals surface area contributed by atoms with Crippen LogP contribution < -0.4 is 0 Å². The molecule has 0 fully saturated rings. The summed E-state index contributed by atoms with van der Waals surface area (Å²) in [5.74, 6) is 0. The topological polar surface area (TPSA) is 57.9 Å². The van der Waals surface area contributed by atoms with E-state index in [1.807, 2.05) is 0 Å². The lowest BCUT2D eigenvalue weighted by Crippen LogP contribution is -2.29. The Morgan fingerprint density at radius 3 is 2.54 bits per heavy atom. The highest BCUT2D eigenvalue weighted by Gasteiger charge is 2.36. The highest BCUT2D eigenvalue weighted by Crippen LogP contribution is 2.27. The van der Waals surface area contributed by atoms with Gasteiger partial charge >= 0.3 is 0 Å². The number of thiophene rings is 1. The molecule has 0 radical (unpaired) electrons. The van der Waals surface area contributed by atoms with Crippen molar-refractivity contribution in [3.63, 3.8) is 0 Å². The number of nitrogens with zero attached hydrogens (tertiary/aromatic N) is 1. The maximum absolute atomic E-state index is 11.7. The van der Waals surface area contributed by atoms with Crippen molar-refractivity contribution in [2.75, 3.05) is 0 Å². The molecule has 70 valence electrons. The Labute approximate surface area is 81.5 Å². The fourth-order valence-electron chi connectivity index (χ4n) is 0.728. The Hall–Kier alpha value is -0.860. The van der Waals surface area contributed by atoms with Gasteiger partial charge < -0.3 is 0 Å². The normalized spacial score (nSPS) is 12.4. The number of hydrogen-bond donors (Lipinski definition) is 0. The van der Waals surface area contributed by atoms with E-state index in [1.54, 1.807) is 17.5 Å². The molecule has 0 saturated carbocycles. The summed E-state index contributed by atoms with van der Waals surface area (Å²) in [6.45, 7) is 2.81. The molecule has 0 spiro atoms. The molecule has 0 bridgehead atoms. The molecule has 0 aliphatic rings. The summed E-state index contributed by atoms with van der Waals surface area (Å²) in [6, 6.07) is 4.96. The van der Waals surface area contributed by atoms with Crippen LogP contribution >= 0.6 is 11.3 Å². The van der Waals surface area contributed by atoms with Crippen LogP contribution in [0.15, 0.2) is 21.7 Å². The molecule has 0 aromatic carbocycles. The zero-order chi connectivity index (χ0) is 10.1. The van der Waals surface area contributed by atoms with Crippen molar-refractivity contribution in [3.8, 4) is 6.07 Å². The molecule has 0 aliphatic carbocycles. The Bertz CT molecular complexity index is 423. The van der Waals surface area contributed by atoms with E-state index in [4.69, 9.17) is 5.26 Å². The van der Waals surface area contributed by atoms with E-state index >= 15 is 0 Å². The van der Waals surface area contributed by atoms with Crippen LogP contribution in [0.4, 0.5) is 0 Å². The van der Waals surface area contributed by atoms with Gasteiger partial charge in [-0.25, -0.2) is 8.42 Å². The summed E-state index contributed by atoms with van der Waals surface area (Å²) in [5.41, 5.74) is 0. The smallest absolute Gasteiger partial charge is 0.206 e. The molecular weight excluding hydrogens is 206 g/mol. The molecular formula is C8H9NO2S2. The van der Waals surface area contributed by atoms with E-state index in [1.165, 1.54) is 19.9 Å². The van der Waals surface area contributed by atoms with Crippen molar-refractivity contribution in [1.29, 1.82) is 5.26 Å². The first kappa shape index (κ1) is 10.2. The molecule has 0 unspecified atom stereocenters. The Morgan fingerprint density at radius 1 is 1.54 bits per heavy atom. The van der Waals surface area contributed by atoms with E-state index in [0.717, 1.165) is 11.3 Å². The average Bonchev–Trinajstić information content (AvgIpc) is 2.56. The number of hydrogen-bond acceptors (Lipinski definition) is 4.